The van der Waals surface area contributed by atoms with Crippen molar-refractivity contribution in [3.63, 3.8) is 0 Å². The fourth-order valence-electron chi connectivity index (χ4n) is 3.91. The Morgan fingerprint density at radius 3 is 2.31 bits per heavy atom. The van der Waals surface area contributed by atoms with Gasteiger partial charge < -0.3 is 14.8 Å². The lowest BCUT2D eigenvalue weighted by molar-refractivity contribution is -0.384. The quantitative estimate of drug-likeness (QED) is 0.323. The molecule has 8 heteroatoms. The maximum Gasteiger partial charge on any atom is 0.337 e. The molecule has 3 rings (SSSR count). The second-order valence-corrected chi connectivity index (χ2v) is 8.35. The van der Waals surface area contributed by atoms with Crippen molar-refractivity contribution < 1.29 is 24.0 Å². The molecule has 0 radical (unpaired) electrons. The number of carbonyl (C=O) groups excluding carboxylic acids is 2. The second-order valence-electron chi connectivity index (χ2n) is 8.35. The number of benzene rings is 2. The number of nitro groups is 1. The molecular formula is C27H28N2O6. The number of rotatable bonds is 8. The van der Waals surface area contributed by atoms with E-state index in [2.05, 4.69) is 5.32 Å². The van der Waals surface area contributed by atoms with E-state index in [4.69, 9.17) is 9.47 Å². The van der Waals surface area contributed by atoms with Crippen molar-refractivity contribution in [2.75, 3.05) is 6.61 Å². The van der Waals surface area contributed by atoms with Gasteiger partial charge in [0, 0.05) is 23.5 Å². The molecule has 0 fully saturated rings. The Kier molecular flexibility index (Phi) is 8.20. The molecule has 2 aromatic carbocycles. The van der Waals surface area contributed by atoms with Crippen LogP contribution in [-0.4, -0.2) is 29.6 Å². The molecule has 0 bridgehead atoms. The summed E-state index contributed by atoms with van der Waals surface area (Å²) in [6.07, 6.45) is 3.16. The van der Waals surface area contributed by atoms with Gasteiger partial charge in [-0.1, -0.05) is 48.5 Å². The number of ether oxygens (including phenoxy) is 2. The number of nitro benzene ring substituents is 1. The van der Waals surface area contributed by atoms with Gasteiger partial charge in [-0.15, -0.1) is 0 Å². The summed E-state index contributed by atoms with van der Waals surface area (Å²) in [6.45, 7) is 6.87. The zero-order valence-corrected chi connectivity index (χ0v) is 20.1. The summed E-state index contributed by atoms with van der Waals surface area (Å²) in [5.41, 5.74) is 2.64. The third-order valence-corrected chi connectivity index (χ3v) is 5.38. The molecule has 2 aromatic rings. The standard InChI is InChI=1S/C27H28N2O6/c1-17(2)35-27(31)24-19(4)28-18(3)23(25(24)21-13-8-14-22(16-21)29(32)33)26(30)34-15-9-12-20-10-6-5-7-11-20/h5-14,16-17,25,28H,15H2,1-4H3/b12-9+. The van der Waals surface area contributed by atoms with E-state index >= 15 is 0 Å². The highest BCUT2D eigenvalue weighted by atomic mass is 16.6. The molecule has 0 saturated heterocycles. The molecule has 0 saturated carbocycles. The van der Waals surface area contributed by atoms with Gasteiger partial charge in [-0.25, -0.2) is 9.59 Å². The van der Waals surface area contributed by atoms with Gasteiger partial charge in [0.2, 0.25) is 0 Å². The average Bonchev–Trinajstić information content (AvgIpc) is 2.81. The van der Waals surface area contributed by atoms with Gasteiger partial charge in [-0.05, 0) is 44.9 Å². The van der Waals surface area contributed by atoms with Crippen LogP contribution >= 0.6 is 0 Å². The SMILES string of the molecule is CC1=C(C(=O)OC/C=C/c2ccccc2)C(c2cccc([N+](=O)[O-])c2)C(C(=O)OC(C)C)=C(C)N1. The first-order valence-electron chi connectivity index (χ1n) is 11.2. The molecular weight excluding hydrogens is 448 g/mol. The Morgan fingerprint density at radius 2 is 1.69 bits per heavy atom. The molecule has 1 unspecified atom stereocenters. The monoisotopic (exact) mass is 476 g/mol. The van der Waals surface area contributed by atoms with Gasteiger partial charge in [0.1, 0.15) is 6.61 Å². The van der Waals surface area contributed by atoms with Crippen LogP contribution in [0.5, 0.6) is 0 Å². The fourth-order valence-corrected chi connectivity index (χ4v) is 3.91. The van der Waals surface area contributed by atoms with E-state index in [0.29, 0.717) is 17.0 Å². The molecule has 0 aromatic heterocycles. The summed E-state index contributed by atoms with van der Waals surface area (Å²) >= 11 is 0. The van der Waals surface area contributed by atoms with Crippen molar-refractivity contribution in [2.24, 2.45) is 0 Å². The molecule has 0 spiro atoms. The normalized spacial score (nSPS) is 15.9. The zero-order chi connectivity index (χ0) is 25.5. The zero-order valence-electron chi connectivity index (χ0n) is 20.1. The van der Waals surface area contributed by atoms with Gasteiger partial charge in [-0.3, -0.25) is 10.1 Å². The van der Waals surface area contributed by atoms with E-state index in [1.54, 1.807) is 39.8 Å². The lowest BCUT2D eigenvalue weighted by Gasteiger charge is -2.30. The van der Waals surface area contributed by atoms with E-state index in [1.807, 2.05) is 36.4 Å². The Morgan fingerprint density at radius 1 is 1.03 bits per heavy atom. The molecule has 1 heterocycles. The Bertz CT molecular complexity index is 1210. The number of non-ortho nitro benzene ring substituents is 1. The maximum atomic E-state index is 13.3. The van der Waals surface area contributed by atoms with Gasteiger partial charge in [0.15, 0.2) is 0 Å². The summed E-state index contributed by atoms with van der Waals surface area (Å²) in [5, 5.41) is 14.5. The Hall–Kier alpha value is -4.20. The first kappa shape index (κ1) is 25.4. The van der Waals surface area contributed by atoms with Crippen LogP contribution in [-0.2, 0) is 19.1 Å². The average molecular weight is 477 g/mol. The molecule has 0 aliphatic carbocycles. The molecule has 8 nitrogen and oxygen atoms in total. The molecule has 35 heavy (non-hydrogen) atoms. The number of hydrogen-bond acceptors (Lipinski definition) is 7. The lowest BCUT2D eigenvalue weighted by Crippen LogP contribution is -2.33. The van der Waals surface area contributed by atoms with Crippen molar-refractivity contribution in [1.29, 1.82) is 0 Å². The minimum absolute atomic E-state index is 0.0145. The van der Waals surface area contributed by atoms with Crippen LogP contribution < -0.4 is 5.32 Å². The number of carbonyl (C=O) groups is 2. The molecule has 1 N–H and O–H groups in total. The van der Waals surface area contributed by atoms with E-state index in [0.717, 1.165) is 5.56 Å². The molecule has 182 valence electrons. The van der Waals surface area contributed by atoms with Crippen molar-refractivity contribution in [3.8, 4) is 0 Å². The van der Waals surface area contributed by atoms with Gasteiger partial charge in [0.25, 0.3) is 5.69 Å². The largest absolute Gasteiger partial charge is 0.460 e. The van der Waals surface area contributed by atoms with Crippen molar-refractivity contribution >= 4 is 23.7 Å². The van der Waals surface area contributed by atoms with Gasteiger partial charge in [-0.2, -0.15) is 0 Å². The highest BCUT2D eigenvalue weighted by Crippen LogP contribution is 2.40. The van der Waals surface area contributed by atoms with Crippen molar-refractivity contribution in [1.82, 2.24) is 5.32 Å². The first-order chi connectivity index (χ1) is 16.7. The van der Waals surface area contributed by atoms with Crippen molar-refractivity contribution in [3.05, 3.63) is 104 Å². The third kappa shape index (κ3) is 6.23. The predicted octanol–water partition coefficient (Wildman–Crippen LogP) is 5.04. The summed E-state index contributed by atoms with van der Waals surface area (Å²) < 4.78 is 11.0. The first-order valence-corrected chi connectivity index (χ1v) is 11.2. The van der Waals surface area contributed by atoms with Gasteiger partial charge >= 0.3 is 11.9 Å². The summed E-state index contributed by atoms with van der Waals surface area (Å²) in [7, 11) is 0. The Labute approximate surface area is 204 Å². The second kappa shape index (κ2) is 11.3. The Balaban J connectivity index is 1.97. The molecule has 1 atom stereocenters. The summed E-state index contributed by atoms with van der Waals surface area (Å²) in [6, 6.07) is 15.5. The van der Waals surface area contributed by atoms with Crippen LogP contribution in [0.1, 0.15) is 44.7 Å². The summed E-state index contributed by atoms with van der Waals surface area (Å²) in [4.78, 5) is 37.2. The molecule has 1 aliphatic rings. The topological polar surface area (TPSA) is 108 Å². The highest BCUT2D eigenvalue weighted by Gasteiger charge is 2.38. The summed E-state index contributed by atoms with van der Waals surface area (Å²) in [5.74, 6) is -2.14. The minimum atomic E-state index is -0.895. The molecule has 1 aliphatic heterocycles. The number of allylic oxidation sites excluding steroid dienone is 2. The number of esters is 2. The van der Waals surface area contributed by atoms with Crippen LogP contribution in [0.15, 0.2) is 83.2 Å². The van der Waals surface area contributed by atoms with Crippen LogP contribution in [0.25, 0.3) is 6.08 Å². The predicted molar refractivity (Wildman–Crippen MR) is 132 cm³/mol. The number of nitrogens with one attached hydrogen (secondary N) is 1. The number of dihydropyridines is 1. The highest BCUT2D eigenvalue weighted by molar-refractivity contribution is 6.00. The van der Waals surface area contributed by atoms with E-state index < -0.39 is 22.8 Å². The van der Waals surface area contributed by atoms with Crippen LogP contribution in [0.4, 0.5) is 5.69 Å². The number of nitrogens with zero attached hydrogens (tertiary/aromatic N) is 1. The maximum absolute atomic E-state index is 13.3. The number of hydrogen-bond donors (Lipinski definition) is 1. The van der Waals surface area contributed by atoms with E-state index in [-0.39, 0.29) is 29.5 Å². The fraction of sp³-hybridized carbons (Fsp3) is 0.259. The van der Waals surface area contributed by atoms with Crippen molar-refractivity contribution in [2.45, 2.75) is 39.7 Å². The van der Waals surface area contributed by atoms with E-state index in [1.165, 1.54) is 18.2 Å². The third-order valence-electron chi connectivity index (χ3n) is 5.38. The lowest BCUT2D eigenvalue weighted by atomic mass is 9.80. The van der Waals surface area contributed by atoms with Crippen LogP contribution in [0.3, 0.4) is 0 Å². The van der Waals surface area contributed by atoms with Crippen LogP contribution in [0.2, 0.25) is 0 Å². The van der Waals surface area contributed by atoms with Gasteiger partial charge in [0.05, 0.1) is 28.1 Å². The minimum Gasteiger partial charge on any atom is -0.460 e. The molecule has 0 amide bonds. The van der Waals surface area contributed by atoms with Crippen LogP contribution in [0, 0.1) is 10.1 Å². The van der Waals surface area contributed by atoms with E-state index in [9.17, 15) is 19.7 Å². The smallest absolute Gasteiger partial charge is 0.337 e.